The van der Waals surface area contributed by atoms with E-state index in [1.165, 1.54) is 12.3 Å². The lowest BCUT2D eigenvalue weighted by atomic mass is 10.1. The molecule has 1 N–H and O–H groups in total. The maximum Gasteiger partial charge on any atom is 0.129 e. The maximum atomic E-state index is 13.6. The lowest BCUT2D eigenvalue weighted by Crippen LogP contribution is -2.03. The van der Waals surface area contributed by atoms with Crippen molar-refractivity contribution in [3.8, 4) is 12.1 Å². The second kappa shape index (κ2) is 5.61. The van der Waals surface area contributed by atoms with Crippen LogP contribution in [0.5, 0.6) is 0 Å². The van der Waals surface area contributed by atoms with Gasteiger partial charge in [-0.2, -0.15) is 10.5 Å². The minimum absolute atomic E-state index is 0.260. The van der Waals surface area contributed by atoms with Gasteiger partial charge in [-0.25, -0.2) is 9.37 Å². The Labute approximate surface area is 109 Å². The molecule has 0 spiro atoms. The number of nitriles is 2. The van der Waals surface area contributed by atoms with Crippen LogP contribution in [0.4, 0.5) is 10.2 Å². The average molecular weight is 252 g/mol. The van der Waals surface area contributed by atoms with Gasteiger partial charge >= 0.3 is 0 Å². The Morgan fingerprint density at radius 3 is 2.42 bits per heavy atom. The van der Waals surface area contributed by atoms with Crippen LogP contribution >= 0.6 is 0 Å². The van der Waals surface area contributed by atoms with E-state index in [0.717, 1.165) is 0 Å². The van der Waals surface area contributed by atoms with Crippen LogP contribution < -0.4 is 5.32 Å². The summed E-state index contributed by atoms with van der Waals surface area (Å²) in [4.78, 5) is 4.02. The highest BCUT2D eigenvalue weighted by molar-refractivity contribution is 5.40. The van der Waals surface area contributed by atoms with Crippen LogP contribution in [0.3, 0.4) is 0 Å². The second-order valence-electron chi connectivity index (χ2n) is 3.82. The van der Waals surface area contributed by atoms with Gasteiger partial charge in [0.2, 0.25) is 0 Å². The van der Waals surface area contributed by atoms with Crippen LogP contribution in [-0.2, 0) is 6.54 Å². The first-order valence-corrected chi connectivity index (χ1v) is 5.51. The fourth-order valence-electron chi connectivity index (χ4n) is 1.51. The van der Waals surface area contributed by atoms with Crippen molar-refractivity contribution < 1.29 is 4.39 Å². The highest BCUT2D eigenvalue weighted by atomic mass is 19.1. The summed E-state index contributed by atoms with van der Waals surface area (Å²) in [5, 5.41) is 20.2. The molecule has 1 aromatic heterocycles. The number of anilines is 1. The molecule has 2 aromatic rings. The Balaban J connectivity index is 2.06. The summed E-state index contributed by atoms with van der Waals surface area (Å²) >= 11 is 0. The zero-order chi connectivity index (χ0) is 13.7. The number of benzene rings is 1. The molecule has 0 bridgehead atoms. The fraction of sp³-hybridized carbons (Fsp3) is 0.0714. The standard InChI is InChI=1S/C14H9FN4/c15-13-5-10(6-16)1-3-12(13)9-19-14-4-2-11(7-17)8-18-14/h1-5,8H,9H2,(H,18,19). The summed E-state index contributed by atoms with van der Waals surface area (Å²) in [7, 11) is 0. The summed E-state index contributed by atoms with van der Waals surface area (Å²) < 4.78 is 13.6. The van der Waals surface area contributed by atoms with Crippen molar-refractivity contribution in [1.29, 1.82) is 10.5 Å². The largest absolute Gasteiger partial charge is 0.366 e. The van der Waals surface area contributed by atoms with Gasteiger partial charge in [-0.3, -0.25) is 0 Å². The predicted octanol–water partition coefficient (Wildman–Crippen LogP) is 2.58. The summed E-state index contributed by atoms with van der Waals surface area (Å²) in [6.45, 7) is 0.260. The van der Waals surface area contributed by atoms with Gasteiger partial charge in [0.05, 0.1) is 17.2 Å². The van der Waals surface area contributed by atoms with Crippen molar-refractivity contribution in [2.45, 2.75) is 6.54 Å². The van der Waals surface area contributed by atoms with Crippen molar-refractivity contribution in [1.82, 2.24) is 4.98 Å². The molecule has 0 radical (unpaired) electrons. The Bertz CT molecular complexity index is 665. The number of rotatable bonds is 3. The molecule has 1 heterocycles. The van der Waals surface area contributed by atoms with E-state index in [1.807, 2.05) is 12.1 Å². The number of halogens is 1. The van der Waals surface area contributed by atoms with Gasteiger partial charge in [-0.15, -0.1) is 0 Å². The van der Waals surface area contributed by atoms with Crippen molar-refractivity contribution >= 4 is 5.82 Å². The maximum absolute atomic E-state index is 13.6. The van der Waals surface area contributed by atoms with E-state index in [2.05, 4.69) is 10.3 Å². The molecule has 0 saturated carbocycles. The Hall–Kier alpha value is -2.92. The van der Waals surface area contributed by atoms with E-state index in [0.29, 0.717) is 16.9 Å². The zero-order valence-corrected chi connectivity index (χ0v) is 9.89. The third-order valence-electron chi connectivity index (χ3n) is 2.53. The highest BCUT2D eigenvalue weighted by Crippen LogP contribution is 2.12. The summed E-state index contributed by atoms with van der Waals surface area (Å²) in [5.74, 6) is 0.128. The van der Waals surface area contributed by atoms with Gasteiger partial charge in [0.15, 0.2) is 0 Å². The quantitative estimate of drug-likeness (QED) is 0.911. The predicted molar refractivity (Wildman–Crippen MR) is 67.4 cm³/mol. The number of nitrogens with zero attached hydrogens (tertiary/aromatic N) is 3. The van der Waals surface area contributed by atoms with Crippen LogP contribution in [0, 0.1) is 28.5 Å². The molecule has 0 atom stereocenters. The van der Waals surface area contributed by atoms with Crippen molar-refractivity contribution in [3.63, 3.8) is 0 Å². The Morgan fingerprint density at radius 2 is 1.84 bits per heavy atom. The van der Waals surface area contributed by atoms with E-state index in [4.69, 9.17) is 10.5 Å². The number of hydrogen-bond donors (Lipinski definition) is 1. The van der Waals surface area contributed by atoms with Crippen LogP contribution in [-0.4, -0.2) is 4.98 Å². The lowest BCUT2D eigenvalue weighted by Gasteiger charge is -2.06. The van der Waals surface area contributed by atoms with Gasteiger partial charge in [-0.1, -0.05) is 6.07 Å². The first-order valence-electron chi connectivity index (χ1n) is 5.51. The first kappa shape index (κ1) is 12.5. The molecular formula is C14H9FN4. The van der Waals surface area contributed by atoms with Crippen molar-refractivity contribution in [3.05, 3.63) is 59.0 Å². The van der Waals surface area contributed by atoms with E-state index in [9.17, 15) is 4.39 Å². The minimum atomic E-state index is -0.430. The monoisotopic (exact) mass is 252 g/mol. The number of hydrogen-bond acceptors (Lipinski definition) is 4. The van der Waals surface area contributed by atoms with E-state index >= 15 is 0 Å². The van der Waals surface area contributed by atoms with Gasteiger partial charge in [-0.05, 0) is 24.3 Å². The molecule has 5 heteroatoms. The topological polar surface area (TPSA) is 72.5 Å². The summed E-state index contributed by atoms with van der Waals surface area (Å²) in [6.07, 6.45) is 1.44. The van der Waals surface area contributed by atoms with Crippen molar-refractivity contribution in [2.24, 2.45) is 0 Å². The van der Waals surface area contributed by atoms with E-state index < -0.39 is 5.82 Å². The molecular weight excluding hydrogens is 243 g/mol. The molecule has 0 unspecified atom stereocenters. The minimum Gasteiger partial charge on any atom is -0.366 e. The van der Waals surface area contributed by atoms with E-state index in [1.54, 1.807) is 24.3 Å². The van der Waals surface area contributed by atoms with Crippen LogP contribution in [0.15, 0.2) is 36.5 Å². The number of pyridine rings is 1. The zero-order valence-electron chi connectivity index (χ0n) is 9.89. The molecule has 0 fully saturated rings. The normalized spacial score (nSPS) is 9.42. The van der Waals surface area contributed by atoms with Gasteiger partial charge in [0, 0.05) is 18.3 Å². The summed E-state index contributed by atoms with van der Waals surface area (Å²) in [6, 6.07) is 11.4. The SMILES string of the molecule is N#Cc1ccc(NCc2ccc(C#N)cc2F)nc1. The van der Waals surface area contributed by atoms with Crippen LogP contribution in [0.1, 0.15) is 16.7 Å². The third kappa shape index (κ3) is 3.05. The van der Waals surface area contributed by atoms with Crippen molar-refractivity contribution in [2.75, 3.05) is 5.32 Å². The molecule has 4 nitrogen and oxygen atoms in total. The summed E-state index contributed by atoms with van der Waals surface area (Å²) in [5.41, 5.74) is 1.21. The molecule has 19 heavy (non-hydrogen) atoms. The molecule has 1 aromatic carbocycles. The van der Waals surface area contributed by atoms with Gasteiger partial charge < -0.3 is 5.32 Å². The lowest BCUT2D eigenvalue weighted by molar-refractivity contribution is 0.612. The first-order chi connectivity index (χ1) is 9.22. The molecule has 0 aliphatic carbocycles. The second-order valence-corrected chi connectivity index (χ2v) is 3.82. The molecule has 0 amide bonds. The molecule has 0 aliphatic heterocycles. The van der Waals surface area contributed by atoms with Crippen LogP contribution in [0.25, 0.3) is 0 Å². The molecule has 0 saturated heterocycles. The Morgan fingerprint density at radius 1 is 1.11 bits per heavy atom. The molecule has 0 aliphatic rings. The molecule has 2 rings (SSSR count). The fourth-order valence-corrected chi connectivity index (χ4v) is 1.51. The van der Waals surface area contributed by atoms with Gasteiger partial charge in [0.1, 0.15) is 17.7 Å². The highest BCUT2D eigenvalue weighted by Gasteiger charge is 2.03. The number of aromatic nitrogens is 1. The molecule has 92 valence electrons. The van der Waals surface area contributed by atoms with Gasteiger partial charge in [0.25, 0.3) is 0 Å². The third-order valence-corrected chi connectivity index (χ3v) is 2.53. The smallest absolute Gasteiger partial charge is 0.129 e. The van der Waals surface area contributed by atoms with E-state index in [-0.39, 0.29) is 12.1 Å². The average Bonchev–Trinajstić information content (AvgIpc) is 2.46. The Kier molecular flexibility index (Phi) is 3.70. The van der Waals surface area contributed by atoms with Crippen LogP contribution in [0.2, 0.25) is 0 Å². The number of nitrogens with one attached hydrogen (secondary N) is 1.